The van der Waals surface area contributed by atoms with Gasteiger partial charge in [0.05, 0.1) is 0 Å². The van der Waals surface area contributed by atoms with Crippen LogP contribution in [0.1, 0.15) is 25.7 Å². The summed E-state index contributed by atoms with van der Waals surface area (Å²) in [6, 6.07) is 0. The number of hydrogen-bond donors (Lipinski definition) is 0. The molecule has 1 heterocycles. The van der Waals surface area contributed by atoms with Gasteiger partial charge < -0.3 is 0 Å². The van der Waals surface area contributed by atoms with E-state index in [-0.39, 0.29) is 5.66 Å². The van der Waals surface area contributed by atoms with E-state index < -0.39 is 0 Å². The minimum absolute atomic E-state index is 0.0616. The molecule has 48 valence electrons. The molecule has 1 spiro atoms. The van der Waals surface area contributed by atoms with Gasteiger partial charge in [0.25, 0.3) is 0 Å². The van der Waals surface area contributed by atoms with E-state index in [0.717, 1.165) is 12.8 Å². The Hall–Kier alpha value is -0.730. The zero-order valence-electron chi connectivity index (χ0n) is 5.13. The summed E-state index contributed by atoms with van der Waals surface area (Å²) in [4.78, 5) is 10.7. The number of hydrogen-bond acceptors (Lipinski definition) is 3. The second-order valence-electron chi connectivity index (χ2n) is 2.72. The molecule has 2 aliphatic rings. The first-order valence-electron chi connectivity index (χ1n) is 3.27. The van der Waals surface area contributed by atoms with Crippen LogP contribution in [0.25, 0.3) is 0 Å². The van der Waals surface area contributed by atoms with Crippen LogP contribution >= 0.6 is 0 Å². The van der Waals surface area contributed by atoms with Gasteiger partial charge in [0.1, 0.15) is 5.78 Å². The van der Waals surface area contributed by atoms with E-state index in [4.69, 9.17) is 0 Å². The Balaban J connectivity index is 1.99. The summed E-state index contributed by atoms with van der Waals surface area (Å²) in [6.07, 6.45) is 3.11. The predicted molar refractivity (Wildman–Crippen MR) is 31.1 cm³/mol. The topological polar surface area (TPSA) is 41.8 Å². The van der Waals surface area contributed by atoms with E-state index in [9.17, 15) is 4.79 Å². The SMILES string of the molecule is O=C1CCC2(CC1)N=N2. The molecule has 1 aliphatic heterocycles. The maximum atomic E-state index is 10.7. The number of carbonyl (C=O) groups is 1. The van der Waals surface area contributed by atoms with E-state index in [1.807, 2.05) is 0 Å². The molecule has 3 nitrogen and oxygen atoms in total. The summed E-state index contributed by atoms with van der Waals surface area (Å²) in [7, 11) is 0. The van der Waals surface area contributed by atoms with Crippen LogP contribution < -0.4 is 0 Å². The maximum absolute atomic E-state index is 10.7. The van der Waals surface area contributed by atoms with Crippen LogP contribution in [0, 0.1) is 0 Å². The Kier molecular flexibility index (Phi) is 0.793. The standard InChI is InChI=1S/C6H8N2O/c9-5-1-3-6(4-2-5)7-8-6/h1-4H2. The lowest BCUT2D eigenvalue weighted by Crippen LogP contribution is -2.20. The number of carbonyl (C=O) groups excluding carboxylic acids is 1. The smallest absolute Gasteiger partial charge is 0.191 e. The van der Waals surface area contributed by atoms with Crippen molar-refractivity contribution < 1.29 is 4.79 Å². The van der Waals surface area contributed by atoms with Gasteiger partial charge in [-0.2, -0.15) is 10.2 Å². The predicted octanol–water partition coefficient (Wildman–Crippen LogP) is 1.29. The van der Waals surface area contributed by atoms with E-state index >= 15 is 0 Å². The molecule has 0 radical (unpaired) electrons. The Bertz CT molecular complexity index is 167. The number of rotatable bonds is 0. The molecule has 1 fully saturated rings. The largest absolute Gasteiger partial charge is 0.300 e. The van der Waals surface area contributed by atoms with Crippen LogP contribution in [0.5, 0.6) is 0 Å². The van der Waals surface area contributed by atoms with Crippen LogP contribution in [-0.2, 0) is 4.79 Å². The molecule has 3 heteroatoms. The zero-order valence-corrected chi connectivity index (χ0v) is 5.13. The Labute approximate surface area is 53.2 Å². The second-order valence-corrected chi connectivity index (χ2v) is 2.72. The summed E-state index contributed by atoms with van der Waals surface area (Å²) in [5, 5.41) is 7.80. The summed E-state index contributed by atoms with van der Waals surface area (Å²) in [5.41, 5.74) is -0.0616. The number of ketones is 1. The highest BCUT2D eigenvalue weighted by Crippen LogP contribution is 2.40. The fraction of sp³-hybridized carbons (Fsp3) is 0.833. The van der Waals surface area contributed by atoms with Crippen molar-refractivity contribution in [1.82, 2.24) is 0 Å². The normalized spacial score (nSPS) is 29.1. The van der Waals surface area contributed by atoms with Crippen molar-refractivity contribution in [1.29, 1.82) is 0 Å². The van der Waals surface area contributed by atoms with Crippen molar-refractivity contribution in [3.63, 3.8) is 0 Å². The van der Waals surface area contributed by atoms with Crippen molar-refractivity contribution in [2.75, 3.05) is 0 Å². The highest BCUT2D eigenvalue weighted by Gasteiger charge is 2.42. The fourth-order valence-electron chi connectivity index (χ4n) is 1.20. The van der Waals surface area contributed by atoms with Gasteiger partial charge in [-0.3, -0.25) is 4.79 Å². The second kappa shape index (κ2) is 1.40. The summed E-state index contributed by atoms with van der Waals surface area (Å²) in [5.74, 6) is 0.373. The molecule has 0 N–H and O–H groups in total. The third kappa shape index (κ3) is 0.763. The Morgan fingerprint density at radius 3 is 2.22 bits per heavy atom. The Morgan fingerprint density at radius 2 is 1.78 bits per heavy atom. The minimum atomic E-state index is -0.0616. The highest BCUT2D eigenvalue weighted by atomic mass is 16.1. The molecule has 0 unspecified atom stereocenters. The van der Waals surface area contributed by atoms with Crippen LogP contribution in [0.2, 0.25) is 0 Å². The average Bonchev–Trinajstić information content (AvgIpc) is 2.60. The summed E-state index contributed by atoms with van der Waals surface area (Å²) >= 11 is 0. The first-order chi connectivity index (χ1) is 4.31. The van der Waals surface area contributed by atoms with Crippen molar-refractivity contribution >= 4 is 5.78 Å². The molecule has 1 saturated carbocycles. The van der Waals surface area contributed by atoms with E-state index in [2.05, 4.69) is 10.2 Å². The molecule has 0 bridgehead atoms. The van der Waals surface area contributed by atoms with Crippen LogP contribution in [-0.4, -0.2) is 11.4 Å². The molecule has 1 aliphatic carbocycles. The van der Waals surface area contributed by atoms with E-state index in [1.165, 1.54) is 0 Å². The van der Waals surface area contributed by atoms with Gasteiger partial charge in [-0.05, 0) is 0 Å². The minimum Gasteiger partial charge on any atom is -0.300 e. The summed E-state index contributed by atoms with van der Waals surface area (Å²) in [6.45, 7) is 0. The van der Waals surface area contributed by atoms with E-state index in [1.54, 1.807) is 0 Å². The zero-order chi connectivity index (χ0) is 6.32. The molecule has 9 heavy (non-hydrogen) atoms. The molecule has 0 amide bonds. The fourth-order valence-corrected chi connectivity index (χ4v) is 1.20. The molecule has 0 aromatic rings. The van der Waals surface area contributed by atoms with Gasteiger partial charge in [0.2, 0.25) is 0 Å². The molecule has 0 aromatic carbocycles. The first-order valence-corrected chi connectivity index (χ1v) is 3.27. The van der Waals surface area contributed by atoms with Crippen LogP contribution in [0.4, 0.5) is 0 Å². The molecular formula is C6H8N2O. The van der Waals surface area contributed by atoms with Crippen molar-refractivity contribution in [2.24, 2.45) is 10.2 Å². The number of nitrogens with zero attached hydrogens (tertiary/aromatic N) is 2. The van der Waals surface area contributed by atoms with Gasteiger partial charge in [-0.1, -0.05) is 0 Å². The third-order valence-corrected chi connectivity index (χ3v) is 1.99. The van der Waals surface area contributed by atoms with Gasteiger partial charge in [-0.15, -0.1) is 0 Å². The summed E-state index contributed by atoms with van der Waals surface area (Å²) < 4.78 is 0. The monoisotopic (exact) mass is 124 g/mol. The van der Waals surface area contributed by atoms with Gasteiger partial charge in [-0.25, -0.2) is 0 Å². The molecule has 0 saturated heterocycles. The lowest BCUT2D eigenvalue weighted by molar-refractivity contribution is -0.120. The number of Topliss-reactive ketones (excluding diaryl/α,β-unsaturated/α-hetero) is 1. The Morgan fingerprint density at radius 1 is 1.22 bits per heavy atom. The molecule has 2 rings (SSSR count). The first kappa shape index (κ1) is 5.09. The van der Waals surface area contributed by atoms with Crippen molar-refractivity contribution in [3.05, 3.63) is 0 Å². The highest BCUT2D eigenvalue weighted by molar-refractivity contribution is 5.79. The third-order valence-electron chi connectivity index (χ3n) is 1.99. The molecule has 0 aromatic heterocycles. The van der Waals surface area contributed by atoms with Crippen molar-refractivity contribution in [2.45, 2.75) is 31.3 Å². The van der Waals surface area contributed by atoms with Gasteiger partial charge >= 0.3 is 0 Å². The van der Waals surface area contributed by atoms with E-state index in [0.29, 0.717) is 18.6 Å². The molecular weight excluding hydrogens is 116 g/mol. The van der Waals surface area contributed by atoms with Gasteiger partial charge in [0.15, 0.2) is 5.66 Å². The van der Waals surface area contributed by atoms with Crippen LogP contribution in [0.3, 0.4) is 0 Å². The molecule has 0 atom stereocenters. The lowest BCUT2D eigenvalue weighted by atomic mass is 9.92. The maximum Gasteiger partial charge on any atom is 0.191 e. The van der Waals surface area contributed by atoms with Crippen LogP contribution in [0.15, 0.2) is 10.2 Å². The van der Waals surface area contributed by atoms with Crippen molar-refractivity contribution in [3.8, 4) is 0 Å². The quantitative estimate of drug-likeness (QED) is 0.479. The lowest BCUT2D eigenvalue weighted by Gasteiger charge is -2.13. The average molecular weight is 124 g/mol. The van der Waals surface area contributed by atoms with Gasteiger partial charge in [0, 0.05) is 25.7 Å².